The van der Waals surface area contributed by atoms with Crippen LogP contribution in [0.15, 0.2) is 54.6 Å². The minimum absolute atomic E-state index is 0.224. The third kappa shape index (κ3) is 6.13. The van der Waals surface area contributed by atoms with E-state index in [0.29, 0.717) is 19.4 Å². The summed E-state index contributed by atoms with van der Waals surface area (Å²) in [6.07, 6.45) is 3.49. The Morgan fingerprint density at radius 3 is 2.12 bits per heavy atom. The summed E-state index contributed by atoms with van der Waals surface area (Å²) in [5, 5.41) is 0. The quantitative estimate of drug-likeness (QED) is 0.933. The fraction of sp³-hybridized carbons (Fsp3) is 0.350. The van der Waals surface area contributed by atoms with Crippen molar-refractivity contribution >= 4 is 5.91 Å². The molecule has 1 fully saturated rings. The first-order chi connectivity index (χ1) is 11.7. The molecule has 2 aromatic carbocycles. The van der Waals surface area contributed by atoms with Crippen molar-refractivity contribution in [3.63, 3.8) is 0 Å². The Morgan fingerprint density at radius 2 is 1.58 bits per heavy atom. The van der Waals surface area contributed by atoms with Crippen molar-refractivity contribution < 1.29 is 9.18 Å². The van der Waals surface area contributed by atoms with E-state index in [0.717, 1.165) is 31.5 Å². The minimum atomic E-state index is -0.227. The van der Waals surface area contributed by atoms with Crippen LogP contribution >= 0.6 is 0 Å². The van der Waals surface area contributed by atoms with Gasteiger partial charge in [0.1, 0.15) is 5.82 Å². The lowest BCUT2D eigenvalue weighted by atomic mass is 10.1. The lowest BCUT2D eigenvalue weighted by Crippen LogP contribution is -2.27. The van der Waals surface area contributed by atoms with E-state index in [1.807, 2.05) is 35.2 Å². The van der Waals surface area contributed by atoms with Gasteiger partial charge in [0.15, 0.2) is 0 Å². The summed E-state index contributed by atoms with van der Waals surface area (Å²) in [7, 11) is 0. The van der Waals surface area contributed by atoms with Gasteiger partial charge in [-0.05, 0) is 42.5 Å². The second kappa shape index (κ2) is 9.83. The standard InChI is InChI=1S/C13H16FNO.C7H9N/c14-12-6-3-11(4-7-12)5-8-13(16)15-9-1-2-10-15;8-6-7-4-2-1-3-5-7/h3-4,6-7H,1-2,5,8-10H2;1-5H,6,8H2. The van der Waals surface area contributed by atoms with Gasteiger partial charge in [-0.2, -0.15) is 0 Å². The van der Waals surface area contributed by atoms with Gasteiger partial charge in [-0.15, -0.1) is 0 Å². The molecule has 1 heterocycles. The summed E-state index contributed by atoms with van der Waals surface area (Å²) < 4.78 is 12.7. The molecule has 3 rings (SSSR count). The SMILES string of the molecule is NCc1ccccc1.O=C(CCc1ccc(F)cc1)N1CCCC1. The highest BCUT2D eigenvalue weighted by atomic mass is 19.1. The van der Waals surface area contributed by atoms with Crippen LogP contribution in [0.25, 0.3) is 0 Å². The van der Waals surface area contributed by atoms with E-state index in [1.165, 1.54) is 17.7 Å². The van der Waals surface area contributed by atoms with Crippen molar-refractivity contribution in [3.05, 3.63) is 71.5 Å². The van der Waals surface area contributed by atoms with E-state index in [9.17, 15) is 9.18 Å². The Hall–Kier alpha value is -2.20. The normalized spacial score (nSPS) is 13.3. The van der Waals surface area contributed by atoms with Crippen molar-refractivity contribution in [2.24, 2.45) is 5.73 Å². The molecule has 0 saturated carbocycles. The van der Waals surface area contributed by atoms with Gasteiger partial charge >= 0.3 is 0 Å². The molecule has 24 heavy (non-hydrogen) atoms. The van der Waals surface area contributed by atoms with Crippen LogP contribution in [0.3, 0.4) is 0 Å². The second-order valence-electron chi connectivity index (χ2n) is 5.90. The predicted molar refractivity (Wildman–Crippen MR) is 94.9 cm³/mol. The first-order valence-corrected chi connectivity index (χ1v) is 8.45. The highest BCUT2D eigenvalue weighted by Gasteiger charge is 2.17. The highest BCUT2D eigenvalue weighted by molar-refractivity contribution is 5.76. The Labute approximate surface area is 143 Å². The van der Waals surface area contributed by atoms with Crippen molar-refractivity contribution in [2.75, 3.05) is 13.1 Å². The van der Waals surface area contributed by atoms with Gasteiger partial charge < -0.3 is 10.6 Å². The summed E-state index contributed by atoms with van der Waals surface area (Å²) >= 11 is 0. The number of amides is 1. The number of benzene rings is 2. The van der Waals surface area contributed by atoms with Crippen molar-refractivity contribution in [1.29, 1.82) is 0 Å². The Kier molecular flexibility index (Phi) is 7.43. The lowest BCUT2D eigenvalue weighted by molar-refractivity contribution is -0.130. The number of halogens is 1. The molecular weight excluding hydrogens is 303 g/mol. The van der Waals surface area contributed by atoms with Crippen molar-refractivity contribution in [1.82, 2.24) is 4.90 Å². The van der Waals surface area contributed by atoms with Crippen LogP contribution < -0.4 is 5.73 Å². The average molecular weight is 328 g/mol. The minimum Gasteiger partial charge on any atom is -0.343 e. The average Bonchev–Trinajstić information content (AvgIpc) is 3.17. The van der Waals surface area contributed by atoms with Crippen LogP contribution in [0.1, 0.15) is 30.4 Å². The van der Waals surface area contributed by atoms with Crippen LogP contribution in [0.2, 0.25) is 0 Å². The van der Waals surface area contributed by atoms with Gasteiger partial charge in [0.05, 0.1) is 0 Å². The van der Waals surface area contributed by atoms with Gasteiger partial charge in [0.2, 0.25) is 5.91 Å². The van der Waals surface area contributed by atoms with E-state index in [-0.39, 0.29) is 11.7 Å². The van der Waals surface area contributed by atoms with Gasteiger partial charge in [-0.1, -0.05) is 42.5 Å². The first-order valence-electron chi connectivity index (χ1n) is 8.45. The van der Waals surface area contributed by atoms with E-state index in [1.54, 1.807) is 12.1 Å². The number of nitrogens with zero attached hydrogens (tertiary/aromatic N) is 1. The number of likely N-dealkylation sites (tertiary alicyclic amines) is 1. The van der Waals surface area contributed by atoms with Crippen LogP contribution in [0, 0.1) is 5.82 Å². The lowest BCUT2D eigenvalue weighted by Gasteiger charge is -2.14. The van der Waals surface area contributed by atoms with Crippen LogP contribution in [-0.2, 0) is 17.8 Å². The smallest absolute Gasteiger partial charge is 0.222 e. The maximum Gasteiger partial charge on any atom is 0.222 e. The maximum absolute atomic E-state index is 12.7. The molecule has 128 valence electrons. The molecule has 4 heteroatoms. The fourth-order valence-corrected chi connectivity index (χ4v) is 2.64. The van der Waals surface area contributed by atoms with E-state index in [2.05, 4.69) is 0 Å². The number of aryl methyl sites for hydroxylation is 1. The molecule has 0 unspecified atom stereocenters. The fourth-order valence-electron chi connectivity index (χ4n) is 2.64. The Morgan fingerprint density at radius 1 is 0.958 bits per heavy atom. The molecule has 1 aliphatic heterocycles. The molecule has 1 saturated heterocycles. The molecule has 0 aromatic heterocycles. The van der Waals surface area contributed by atoms with Gasteiger partial charge in [0.25, 0.3) is 0 Å². The summed E-state index contributed by atoms with van der Waals surface area (Å²) in [5.74, 6) is -0.00329. The first kappa shape index (κ1) is 18.1. The number of rotatable bonds is 4. The highest BCUT2D eigenvalue weighted by Crippen LogP contribution is 2.11. The molecule has 0 bridgehead atoms. The van der Waals surface area contributed by atoms with Gasteiger partial charge in [0, 0.05) is 26.1 Å². The second-order valence-corrected chi connectivity index (χ2v) is 5.90. The third-order valence-electron chi connectivity index (χ3n) is 4.08. The van der Waals surface area contributed by atoms with Crippen LogP contribution in [-0.4, -0.2) is 23.9 Å². The zero-order valence-corrected chi connectivity index (χ0v) is 14.0. The topological polar surface area (TPSA) is 46.3 Å². The van der Waals surface area contributed by atoms with E-state index < -0.39 is 0 Å². The summed E-state index contributed by atoms with van der Waals surface area (Å²) in [6, 6.07) is 16.4. The van der Waals surface area contributed by atoms with E-state index >= 15 is 0 Å². The zero-order chi connectivity index (χ0) is 17.2. The number of carbonyl (C=O) groups excluding carboxylic acids is 1. The molecule has 2 aromatic rings. The predicted octanol–water partition coefficient (Wildman–Crippen LogP) is 3.53. The maximum atomic E-state index is 12.7. The number of carbonyl (C=O) groups is 1. The third-order valence-corrected chi connectivity index (χ3v) is 4.08. The van der Waals surface area contributed by atoms with Crippen LogP contribution in [0.4, 0.5) is 4.39 Å². The molecule has 0 spiro atoms. The Balaban J connectivity index is 0.000000219. The van der Waals surface area contributed by atoms with Crippen LogP contribution in [0.5, 0.6) is 0 Å². The number of hydrogen-bond acceptors (Lipinski definition) is 2. The zero-order valence-electron chi connectivity index (χ0n) is 14.0. The number of hydrogen-bond donors (Lipinski definition) is 1. The van der Waals surface area contributed by atoms with Crippen molar-refractivity contribution in [2.45, 2.75) is 32.2 Å². The largest absolute Gasteiger partial charge is 0.343 e. The Bertz CT molecular complexity index is 607. The van der Waals surface area contributed by atoms with E-state index in [4.69, 9.17) is 5.73 Å². The molecule has 0 radical (unpaired) electrons. The molecule has 0 atom stereocenters. The molecular formula is C20H25FN2O. The summed E-state index contributed by atoms with van der Waals surface area (Å²) in [5.41, 5.74) is 7.56. The van der Waals surface area contributed by atoms with Crippen molar-refractivity contribution in [3.8, 4) is 0 Å². The molecule has 2 N–H and O–H groups in total. The molecule has 0 aliphatic carbocycles. The summed E-state index contributed by atoms with van der Waals surface area (Å²) in [4.78, 5) is 13.7. The molecule has 1 amide bonds. The monoisotopic (exact) mass is 328 g/mol. The number of nitrogens with two attached hydrogens (primary N) is 1. The molecule has 1 aliphatic rings. The van der Waals surface area contributed by atoms with Gasteiger partial charge in [-0.25, -0.2) is 4.39 Å². The molecule has 3 nitrogen and oxygen atoms in total. The van der Waals surface area contributed by atoms with Gasteiger partial charge in [-0.3, -0.25) is 4.79 Å². The summed E-state index contributed by atoms with van der Waals surface area (Å²) in [6.45, 7) is 2.45.